The number of carbonyl (C=O) groups is 1. The molecule has 21 heavy (non-hydrogen) atoms. The standard InChI is InChI=1S/C15H16N2O3S/c1-19-15(18)12-13(16)21-17-14(12)20-8-9-5-6-10-3-2-4-11(10)7-9/h5-7H,2-4,8,16H2,1H3. The summed E-state index contributed by atoms with van der Waals surface area (Å²) in [6.45, 7) is 0.362. The van der Waals surface area contributed by atoms with Gasteiger partial charge in [0, 0.05) is 0 Å². The number of aromatic nitrogens is 1. The highest BCUT2D eigenvalue weighted by molar-refractivity contribution is 7.10. The number of nitrogen functional groups attached to an aromatic ring is 1. The number of hydrogen-bond donors (Lipinski definition) is 1. The van der Waals surface area contributed by atoms with Crippen LogP contribution >= 0.6 is 11.5 Å². The molecule has 110 valence electrons. The first-order valence-electron chi connectivity index (χ1n) is 6.76. The molecule has 1 heterocycles. The van der Waals surface area contributed by atoms with E-state index in [2.05, 4.69) is 22.6 Å². The lowest BCUT2D eigenvalue weighted by atomic mass is 10.1. The molecule has 3 rings (SSSR count). The van der Waals surface area contributed by atoms with E-state index in [1.54, 1.807) is 0 Å². The smallest absolute Gasteiger partial charge is 0.346 e. The number of carbonyl (C=O) groups excluding carboxylic acids is 1. The largest absolute Gasteiger partial charge is 0.472 e. The highest BCUT2D eigenvalue weighted by Crippen LogP contribution is 2.29. The minimum Gasteiger partial charge on any atom is -0.472 e. The SMILES string of the molecule is COC(=O)c1c(OCc2ccc3c(c2)CCC3)nsc1N. The molecule has 0 atom stereocenters. The van der Waals surface area contributed by atoms with Crippen molar-refractivity contribution in [3.05, 3.63) is 40.5 Å². The monoisotopic (exact) mass is 304 g/mol. The number of nitrogens with two attached hydrogens (primary N) is 1. The van der Waals surface area contributed by atoms with Gasteiger partial charge >= 0.3 is 5.97 Å². The molecule has 1 aromatic carbocycles. The summed E-state index contributed by atoms with van der Waals surface area (Å²) in [6, 6.07) is 6.37. The van der Waals surface area contributed by atoms with Gasteiger partial charge in [0.2, 0.25) is 5.88 Å². The molecule has 1 aromatic heterocycles. The van der Waals surface area contributed by atoms with Crippen molar-refractivity contribution in [3.8, 4) is 5.88 Å². The Balaban J connectivity index is 1.75. The molecular weight excluding hydrogens is 288 g/mol. The summed E-state index contributed by atoms with van der Waals surface area (Å²) in [7, 11) is 1.31. The van der Waals surface area contributed by atoms with Crippen LogP contribution in [0.3, 0.4) is 0 Å². The number of hydrogen-bond acceptors (Lipinski definition) is 6. The first-order valence-corrected chi connectivity index (χ1v) is 7.53. The Labute approximate surface area is 126 Å². The van der Waals surface area contributed by atoms with Gasteiger partial charge in [-0.15, -0.1) is 0 Å². The fourth-order valence-electron chi connectivity index (χ4n) is 2.54. The molecule has 0 fully saturated rings. The molecule has 0 saturated carbocycles. The molecule has 2 N–H and O–H groups in total. The molecule has 1 aliphatic carbocycles. The molecule has 0 bridgehead atoms. The fourth-order valence-corrected chi connectivity index (χ4v) is 3.13. The van der Waals surface area contributed by atoms with Crippen molar-refractivity contribution in [2.75, 3.05) is 12.8 Å². The quantitative estimate of drug-likeness (QED) is 0.879. The van der Waals surface area contributed by atoms with E-state index in [0.717, 1.165) is 29.9 Å². The van der Waals surface area contributed by atoms with Gasteiger partial charge in [-0.3, -0.25) is 0 Å². The van der Waals surface area contributed by atoms with Crippen LogP contribution in [0.4, 0.5) is 5.00 Å². The van der Waals surface area contributed by atoms with Gasteiger partial charge in [0.15, 0.2) is 5.56 Å². The summed E-state index contributed by atoms with van der Waals surface area (Å²) in [5.41, 5.74) is 9.83. The van der Waals surface area contributed by atoms with Gasteiger partial charge in [-0.2, -0.15) is 4.37 Å². The Morgan fingerprint density at radius 3 is 3.00 bits per heavy atom. The molecular formula is C15H16N2O3S. The maximum atomic E-state index is 11.7. The number of benzene rings is 1. The zero-order valence-electron chi connectivity index (χ0n) is 11.7. The van der Waals surface area contributed by atoms with Crippen LogP contribution in [0.25, 0.3) is 0 Å². The number of fused-ring (bicyclic) bond motifs is 1. The summed E-state index contributed by atoms with van der Waals surface area (Å²) in [6.07, 6.45) is 3.50. The van der Waals surface area contributed by atoms with E-state index < -0.39 is 5.97 Å². The lowest BCUT2D eigenvalue weighted by molar-refractivity contribution is 0.0597. The van der Waals surface area contributed by atoms with Crippen LogP contribution < -0.4 is 10.5 Å². The van der Waals surface area contributed by atoms with Crippen molar-refractivity contribution in [3.63, 3.8) is 0 Å². The average molecular weight is 304 g/mol. The van der Waals surface area contributed by atoms with E-state index in [-0.39, 0.29) is 11.4 Å². The molecule has 0 amide bonds. The minimum atomic E-state index is -0.523. The van der Waals surface area contributed by atoms with Gasteiger partial charge in [0.25, 0.3) is 0 Å². The van der Waals surface area contributed by atoms with Crippen molar-refractivity contribution in [1.29, 1.82) is 0 Å². The maximum absolute atomic E-state index is 11.7. The number of nitrogens with zero attached hydrogens (tertiary/aromatic N) is 1. The summed E-state index contributed by atoms with van der Waals surface area (Å²) in [5, 5.41) is 0.311. The van der Waals surface area contributed by atoms with Crippen LogP contribution in [0.1, 0.15) is 33.5 Å². The van der Waals surface area contributed by atoms with Gasteiger partial charge in [-0.1, -0.05) is 18.2 Å². The second-order valence-corrected chi connectivity index (χ2v) is 5.77. The Hall–Kier alpha value is -2.08. The molecule has 1 aliphatic rings. The molecule has 5 nitrogen and oxygen atoms in total. The van der Waals surface area contributed by atoms with Crippen molar-refractivity contribution in [2.45, 2.75) is 25.9 Å². The maximum Gasteiger partial charge on any atom is 0.346 e. The summed E-state index contributed by atoms with van der Waals surface area (Å²) in [4.78, 5) is 11.7. The molecule has 2 aromatic rings. The lowest BCUT2D eigenvalue weighted by Gasteiger charge is -2.07. The van der Waals surface area contributed by atoms with E-state index in [9.17, 15) is 4.79 Å². The number of rotatable bonds is 4. The van der Waals surface area contributed by atoms with Crippen LogP contribution in [0, 0.1) is 0 Å². The third-order valence-electron chi connectivity index (χ3n) is 3.62. The van der Waals surface area contributed by atoms with Crippen LogP contribution in [0.2, 0.25) is 0 Å². The van der Waals surface area contributed by atoms with E-state index in [4.69, 9.17) is 15.2 Å². The van der Waals surface area contributed by atoms with E-state index >= 15 is 0 Å². The van der Waals surface area contributed by atoms with Crippen molar-refractivity contribution < 1.29 is 14.3 Å². The molecule has 0 radical (unpaired) electrons. The summed E-state index contributed by atoms with van der Waals surface area (Å²) in [5.74, 6) is -0.282. The second-order valence-electron chi connectivity index (χ2n) is 4.96. The number of esters is 1. The van der Waals surface area contributed by atoms with Crippen molar-refractivity contribution >= 4 is 22.5 Å². The zero-order chi connectivity index (χ0) is 14.8. The summed E-state index contributed by atoms with van der Waals surface area (Å²) >= 11 is 1.03. The Morgan fingerprint density at radius 2 is 2.19 bits per heavy atom. The topological polar surface area (TPSA) is 74.4 Å². The van der Waals surface area contributed by atoms with Crippen LogP contribution in [-0.2, 0) is 24.2 Å². The highest BCUT2D eigenvalue weighted by Gasteiger charge is 2.21. The zero-order valence-corrected chi connectivity index (χ0v) is 12.5. The van der Waals surface area contributed by atoms with Crippen LogP contribution in [0.15, 0.2) is 18.2 Å². The normalized spacial score (nSPS) is 13.0. The molecule has 6 heteroatoms. The van der Waals surface area contributed by atoms with Crippen molar-refractivity contribution in [2.24, 2.45) is 0 Å². The number of ether oxygens (including phenoxy) is 2. The van der Waals surface area contributed by atoms with Gasteiger partial charge < -0.3 is 15.2 Å². The van der Waals surface area contributed by atoms with Crippen LogP contribution in [-0.4, -0.2) is 17.5 Å². The lowest BCUT2D eigenvalue weighted by Crippen LogP contribution is -2.06. The molecule has 0 spiro atoms. The second kappa shape index (κ2) is 5.73. The predicted molar refractivity (Wildman–Crippen MR) is 80.7 cm³/mol. The Bertz CT molecular complexity index is 682. The first kappa shape index (κ1) is 13.9. The van der Waals surface area contributed by atoms with Gasteiger partial charge in [-0.05, 0) is 47.5 Å². The Morgan fingerprint density at radius 1 is 1.38 bits per heavy atom. The third-order valence-corrected chi connectivity index (χ3v) is 4.27. The van der Waals surface area contributed by atoms with Gasteiger partial charge in [0.1, 0.15) is 11.6 Å². The number of aryl methyl sites for hydroxylation is 2. The summed E-state index contributed by atoms with van der Waals surface area (Å²) < 4.78 is 14.4. The van der Waals surface area contributed by atoms with E-state index in [1.165, 1.54) is 24.7 Å². The highest BCUT2D eigenvalue weighted by atomic mass is 32.1. The van der Waals surface area contributed by atoms with Gasteiger partial charge in [0.05, 0.1) is 7.11 Å². The molecule has 0 unspecified atom stereocenters. The fraction of sp³-hybridized carbons (Fsp3) is 0.333. The van der Waals surface area contributed by atoms with Gasteiger partial charge in [-0.25, -0.2) is 4.79 Å². The number of methoxy groups -OCH3 is 1. The Kier molecular flexibility index (Phi) is 3.79. The van der Waals surface area contributed by atoms with Crippen LogP contribution in [0.5, 0.6) is 5.88 Å². The molecule has 0 saturated heterocycles. The van der Waals surface area contributed by atoms with E-state index in [0.29, 0.717) is 11.6 Å². The predicted octanol–water partition coefficient (Wildman–Crippen LogP) is 2.58. The third kappa shape index (κ3) is 2.71. The first-order chi connectivity index (χ1) is 10.2. The average Bonchev–Trinajstić information content (AvgIpc) is 3.10. The van der Waals surface area contributed by atoms with Crippen molar-refractivity contribution in [1.82, 2.24) is 4.37 Å². The molecule has 0 aliphatic heterocycles. The van der Waals surface area contributed by atoms with E-state index in [1.807, 2.05) is 0 Å². The minimum absolute atomic E-state index is 0.212. The number of anilines is 1.